The van der Waals surface area contributed by atoms with Crippen LogP contribution in [0.5, 0.6) is 0 Å². The van der Waals surface area contributed by atoms with E-state index in [9.17, 15) is 4.79 Å². The van der Waals surface area contributed by atoms with Crippen LogP contribution in [0.4, 0.5) is 5.69 Å². The number of nitrogens with one attached hydrogen (secondary N) is 1. The van der Waals surface area contributed by atoms with Gasteiger partial charge in [0.15, 0.2) is 0 Å². The number of rotatable bonds is 0. The second-order valence-electron chi connectivity index (χ2n) is 3.03. The van der Waals surface area contributed by atoms with Crippen molar-refractivity contribution >= 4 is 11.6 Å². The van der Waals surface area contributed by atoms with Crippen LogP contribution in [0.2, 0.25) is 0 Å². The zero-order valence-corrected chi connectivity index (χ0v) is 7.00. The van der Waals surface area contributed by atoms with Crippen LogP contribution in [0.25, 0.3) is 0 Å². The second-order valence-corrected chi connectivity index (χ2v) is 3.03. The van der Waals surface area contributed by atoms with Crippen LogP contribution in [-0.2, 0) is 11.2 Å². The summed E-state index contributed by atoms with van der Waals surface area (Å²) < 4.78 is 0. The molecule has 1 heterocycles. The Kier molecular flexibility index (Phi) is 1.75. The van der Waals surface area contributed by atoms with Gasteiger partial charge in [-0.1, -0.05) is 6.07 Å². The highest BCUT2D eigenvalue weighted by Gasteiger charge is 2.14. The van der Waals surface area contributed by atoms with E-state index in [1.807, 2.05) is 12.1 Å². The van der Waals surface area contributed by atoms with Crippen LogP contribution >= 0.6 is 0 Å². The molecule has 2 rings (SSSR count). The second kappa shape index (κ2) is 2.91. The first kappa shape index (κ1) is 7.81. The Morgan fingerprint density at radius 1 is 1.38 bits per heavy atom. The van der Waals surface area contributed by atoms with E-state index >= 15 is 0 Å². The van der Waals surface area contributed by atoms with Gasteiger partial charge in [0.25, 0.3) is 0 Å². The first-order valence-electron chi connectivity index (χ1n) is 4.12. The van der Waals surface area contributed by atoms with Gasteiger partial charge < -0.3 is 5.32 Å². The number of benzene rings is 1. The van der Waals surface area contributed by atoms with Crippen LogP contribution < -0.4 is 5.32 Å². The molecular formula is C10H8N2O. The monoisotopic (exact) mass is 172 g/mol. The summed E-state index contributed by atoms with van der Waals surface area (Å²) >= 11 is 0. The molecule has 1 N–H and O–H groups in total. The molecule has 0 saturated carbocycles. The minimum Gasteiger partial charge on any atom is -0.326 e. The number of aryl methyl sites for hydroxylation is 1. The standard InChI is InChI=1S/C10H8N2O/c11-6-7-1-2-8-3-4-10(13)12-9(8)5-7/h1-2,5H,3-4H2,(H,12,13). The number of carbonyl (C=O) groups is 1. The molecule has 1 aliphatic rings. The highest BCUT2D eigenvalue weighted by molar-refractivity contribution is 5.94. The molecule has 0 bridgehead atoms. The van der Waals surface area contributed by atoms with Crippen LogP contribution in [0, 0.1) is 11.3 Å². The van der Waals surface area contributed by atoms with Crippen molar-refractivity contribution in [3.05, 3.63) is 29.3 Å². The quantitative estimate of drug-likeness (QED) is 0.643. The van der Waals surface area contributed by atoms with Gasteiger partial charge in [-0.3, -0.25) is 4.79 Å². The number of amides is 1. The van der Waals surface area contributed by atoms with Gasteiger partial charge in [-0.15, -0.1) is 0 Å². The predicted molar refractivity (Wildman–Crippen MR) is 48.1 cm³/mol. The number of nitrogens with zero attached hydrogens (tertiary/aromatic N) is 1. The third kappa shape index (κ3) is 1.38. The molecule has 0 radical (unpaired) electrons. The van der Waals surface area contributed by atoms with E-state index in [-0.39, 0.29) is 5.91 Å². The summed E-state index contributed by atoms with van der Waals surface area (Å²) in [5.41, 5.74) is 2.48. The molecule has 0 fully saturated rings. The maximum Gasteiger partial charge on any atom is 0.224 e. The van der Waals surface area contributed by atoms with Crippen molar-refractivity contribution in [1.82, 2.24) is 0 Å². The molecule has 0 saturated heterocycles. The highest BCUT2D eigenvalue weighted by atomic mass is 16.1. The average molecular weight is 172 g/mol. The van der Waals surface area contributed by atoms with Gasteiger partial charge in [-0.2, -0.15) is 5.26 Å². The Hall–Kier alpha value is -1.82. The van der Waals surface area contributed by atoms with E-state index in [2.05, 4.69) is 5.32 Å². The fourth-order valence-electron chi connectivity index (χ4n) is 1.44. The summed E-state index contributed by atoms with van der Waals surface area (Å²) in [6.45, 7) is 0. The largest absolute Gasteiger partial charge is 0.326 e. The van der Waals surface area contributed by atoms with E-state index in [4.69, 9.17) is 5.26 Å². The lowest BCUT2D eigenvalue weighted by Gasteiger charge is -2.16. The Labute approximate surface area is 76.0 Å². The van der Waals surface area contributed by atoms with E-state index in [1.54, 1.807) is 12.1 Å². The van der Waals surface area contributed by atoms with Crippen molar-refractivity contribution < 1.29 is 4.79 Å². The molecule has 64 valence electrons. The van der Waals surface area contributed by atoms with Crippen LogP contribution in [0.1, 0.15) is 17.5 Å². The van der Waals surface area contributed by atoms with Crippen molar-refractivity contribution in [3.8, 4) is 6.07 Å². The van der Waals surface area contributed by atoms with Gasteiger partial charge >= 0.3 is 0 Å². The van der Waals surface area contributed by atoms with Crippen LogP contribution in [-0.4, -0.2) is 5.91 Å². The number of carbonyl (C=O) groups excluding carboxylic acids is 1. The smallest absolute Gasteiger partial charge is 0.224 e. The van der Waals surface area contributed by atoms with Gasteiger partial charge in [0.05, 0.1) is 11.6 Å². The maximum absolute atomic E-state index is 11.0. The molecule has 0 atom stereocenters. The Bertz CT molecular complexity index is 404. The maximum atomic E-state index is 11.0. The minimum absolute atomic E-state index is 0.0302. The fourth-order valence-corrected chi connectivity index (χ4v) is 1.44. The summed E-state index contributed by atoms with van der Waals surface area (Å²) in [6, 6.07) is 7.43. The SMILES string of the molecule is N#Cc1ccc2c(c1)NC(=O)CC2. The number of hydrogen-bond acceptors (Lipinski definition) is 2. The molecule has 0 spiro atoms. The first-order chi connectivity index (χ1) is 6.29. The molecule has 3 nitrogen and oxygen atoms in total. The molecule has 1 aromatic rings. The molecule has 0 unspecified atom stereocenters. The molecule has 3 heteroatoms. The normalized spacial score (nSPS) is 14.2. The van der Waals surface area contributed by atoms with Crippen molar-refractivity contribution in [2.45, 2.75) is 12.8 Å². The van der Waals surface area contributed by atoms with Crippen molar-refractivity contribution in [2.75, 3.05) is 5.32 Å². The minimum atomic E-state index is 0.0302. The van der Waals surface area contributed by atoms with Crippen LogP contribution in [0.15, 0.2) is 18.2 Å². The summed E-state index contributed by atoms with van der Waals surface area (Å²) in [5, 5.41) is 11.4. The number of fused-ring (bicyclic) bond motifs is 1. The van der Waals surface area contributed by atoms with Gasteiger partial charge in [-0.25, -0.2) is 0 Å². The van der Waals surface area contributed by atoms with Gasteiger partial charge in [-0.05, 0) is 24.1 Å². The summed E-state index contributed by atoms with van der Waals surface area (Å²) in [5.74, 6) is 0.0302. The Balaban J connectivity index is 2.45. The summed E-state index contributed by atoms with van der Waals surface area (Å²) in [6.07, 6.45) is 1.31. The lowest BCUT2D eigenvalue weighted by atomic mass is 10.0. The zero-order valence-electron chi connectivity index (χ0n) is 7.00. The Morgan fingerprint density at radius 3 is 3.00 bits per heavy atom. The Morgan fingerprint density at radius 2 is 2.23 bits per heavy atom. The van der Waals surface area contributed by atoms with E-state index < -0.39 is 0 Å². The lowest BCUT2D eigenvalue weighted by molar-refractivity contribution is -0.116. The average Bonchev–Trinajstić information content (AvgIpc) is 2.16. The molecule has 0 aliphatic carbocycles. The van der Waals surface area contributed by atoms with Gasteiger partial charge in [0, 0.05) is 12.1 Å². The molecule has 0 aromatic heterocycles. The fraction of sp³-hybridized carbons (Fsp3) is 0.200. The number of anilines is 1. The lowest BCUT2D eigenvalue weighted by Crippen LogP contribution is -2.18. The van der Waals surface area contributed by atoms with Gasteiger partial charge in [0.2, 0.25) is 5.91 Å². The van der Waals surface area contributed by atoms with E-state index in [1.165, 1.54) is 0 Å². The highest BCUT2D eigenvalue weighted by Crippen LogP contribution is 2.23. The molecule has 1 aromatic carbocycles. The number of hydrogen-bond donors (Lipinski definition) is 1. The van der Waals surface area contributed by atoms with E-state index in [0.29, 0.717) is 12.0 Å². The molecule has 1 aliphatic heterocycles. The predicted octanol–water partition coefficient (Wildman–Crippen LogP) is 1.44. The topological polar surface area (TPSA) is 52.9 Å². The van der Waals surface area contributed by atoms with E-state index in [0.717, 1.165) is 17.7 Å². The van der Waals surface area contributed by atoms with Crippen molar-refractivity contribution in [2.24, 2.45) is 0 Å². The third-order valence-electron chi connectivity index (χ3n) is 2.13. The van der Waals surface area contributed by atoms with Crippen LogP contribution in [0.3, 0.4) is 0 Å². The summed E-state index contributed by atoms with van der Waals surface area (Å²) in [4.78, 5) is 11.0. The number of nitriles is 1. The summed E-state index contributed by atoms with van der Waals surface area (Å²) in [7, 11) is 0. The third-order valence-corrected chi connectivity index (χ3v) is 2.13. The first-order valence-corrected chi connectivity index (χ1v) is 4.12. The molecule has 13 heavy (non-hydrogen) atoms. The van der Waals surface area contributed by atoms with Crippen molar-refractivity contribution in [1.29, 1.82) is 5.26 Å². The zero-order chi connectivity index (χ0) is 9.26. The molecule has 1 amide bonds. The van der Waals surface area contributed by atoms with Crippen molar-refractivity contribution in [3.63, 3.8) is 0 Å². The molecular weight excluding hydrogens is 164 g/mol. The van der Waals surface area contributed by atoms with Gasteiger partial charge in [0.1, 0.15) is 0 Å².